The third-order valence-electron chi connectivity index (χ3n) is 4.52. The van der Waals surface area contributed by atoms with Gasteiger partial charge < -0.3 is 5.32 Å². The second-order valence-corrected chi connectivity index (χ2v) is 8.99. The first-order valence-electron chi connectivity index (χ1n) is 8.83. The fourth-order valence-electron chi connectivity index (χ4n) is 3.09. The maximum Gasteiger partial charge on any atom is 0.416 e. The molecule has 0 aromatic heterocycles. The van der Waals surface area contributed by atoms with Crippen LogP contribution in [0.5, 0.6) is 0 Å². The Labute approximate surface area is 171 Å². The SMILES string of the molecule is O=C(Cc1cccc(C(F)(F)F)c1)Nc1ccc(Cl)c(S(=O)(=O)N2CCCC2)c1. The maximum absolute atomic E-state index is 12.8. The van der Waals surface area contributed by atoms with Crippen LogP contribution in [-0.2, 0) is 27.4 Å². The standard InChI is InChI=1S/C19H18ClF3N2O3S/c20-16-7-6-15(12-17(16)29(27,28)25-8-1-2-9-25)24-18(26)11-13-4-3-5-14(10-13)19(21,22)23/h3-7,10,12H,1-2,8-9,11H2,(H,24,26). The number of carbonyl (C=O) groups is 1. The number of nitrogens with zero attached hydrogens (tertiary/aromatic N) is 1. The average Bonchev–Trinajstić information content (AvgIpc) is 3.18. The number of rotatable bonds is 5. The molecule has 156 valence electrons. The Balaban J connectivity index is 1.76. The normalized spacial score (nSPS) is 15.4. The molecule has 2 aromatic carbocycles. The van der Waals surface area contributed by atoms with Gasteiger partial charge in [0.1, 0.15) is 4.90 Å². The van der Waals surface area contributed by atoms with Gasteiger partial charge in [-0.05, 0) is 42.7 Å². The van der Waals surface area contributed by atoms with E-state index in [2.05, 4.69) is 5.32 Å². The predicted molar refractivity (Wildman–Crippen MR) is 103 cm³/mol. The quantitative estimate of drug-likeness (QED) is 0.743. The number of nitrogens with one attached hydrogen (secondary N) is 1. The number of sulfonamides is 1. The molecule has 0 unspecified atom stereocenters. The molecule has 3 rings (SSSR count). The highest BCUT2D eigenvalue weighted by Gasteiger charge is 2.31. The van der Waals surface area contributed by atoms with E-state index in [9.17, 15) is 26.4 Å². The Morgan fingerprint density at radius 2 is 1.79 bits per heavy atom. The van der Waals surface area contributed by atoms with Gasteiger partial charge in [0, 0.05) is 18.8 Å². The molecule has 1 amide bonds. The second kappa shape index (κ2) is 8.33. The molecule has 1 aliphatic rings. The molecular formula is C19H18ClF3N2O3S. The van der Waals surface area contributed by atoms with Crippen LogP contribution in [0.3, 0.4) is 0 Å². The van der Waals surface area contributed by atoms with Crippen molar-refractivity contribution in [3.05, 3.63) is 58.6 Å². The van der Waals surface area contributed by atoms with E-state index in [1.54, 1.807) is 0 Å². The van der Waals surface area contributed by atoms with Gasteiger partial charge in [0.05, 0.1) is 17.0 Å². The van der Waals surface area contributed by atoms with Gasteiger partial charge in [-0.15, -0.1) is 0 Å². The van der Waals surface area contributed by atoms with Crippen molar-refractivity contribution in [1.82, 2.24) is 4.31 Å². The second-order valence-electron chi connectivity index (χ2n) is 6.68. The van der Waals surface area contributed by atoms with Crippen LogP contribution >= 0.6 is 11.6 Å². The molecule has 1 fully saturated rings. The van der Waals surface area contributed by atoms with E-state index in [4.69, 9.17) is 11.6 Å². The number of anilines is 1. The van der Waals surface area contributed by atoms with Gasteiger partial charge in [0.15, 0.2) is 0 Å². The van der Waals surface area contributed by atoms with Crippen molar-refractivity contribution in [2.24, 2.45) is 0 Å². The highest BCUT2D eigenvalue weighted by Crippen LogP contribution is 2.31. The summed E-state index contributed by atoms with van der Waals surface area (Å²) in [5.41, 5.74) is -0.450. The van der Waals surface area contributed by atoms with E-state index in [0.717, 1.165) is 25.0 Å². The third kappa shape index (κ3) is 5.09. The van der Waals surface area contributed by atoms with Crippen molar-refractivity contribution >= 4 is 33.2 Å². The van der Waals surface area contributed by atoms with Crippen LogP contribution in [0.4, 0.5) is 18.9 Å². The summed E-state index contributed by atoms with van der Waals surface area (Å²) in [6.07, 6.45) is -3.25. The Kier molecular flexibility index (Phi) is 6.21. The molecule has 1 aliphatic heterocycles. The van der Waals surface area contributed by atoms with Crippen LogP contribution in [0.2, 0.25) is 5.02 Å². The van der Waals surface area contributed by atoms with Gasteiger partial charge in [-0.1, -0.05) is 29.8 Å². The number of hydrogen-bond acceptors (Lipinski definition) is 3. The largest absolute Gasteiger partial charge is 0.416 e. The number of halogens is 4. The molecule has 0 bridgehead atoms. The van der Waals surface area contributed by atoms with Crippen molar-refractivity contribution < 1.29 is 26.4 Å². The highest BCUT2D eigenvalue weighted by molar-refractivity contribution is 7.89. The minimum atomic E-state index is -4.50. The zero-order valence-corrected chi connectivity index (χ0v) is 16.7. The first-order chi connectivity index (χ1) is 13.6. The van der Waals surface area contributed by atoms with E-state index in [1.165, 1.54) is 34.6 Å². The van der Waals surface area contributed by atoms with Crippen molar-refractivity contribution in [2.45, 2.75) is 30.3 Å². The minimum Gasteiger partial charge on any atom is -0.326 e. The van der Waals surface area contributed by atoms with Crippen LogP contribution in [0, 0.1) is 0 Å². The van der Waals surface area contributed by atoms with Gasteiger partial charge in [-0.3, -0.25) is 4.79 Å². The van der Waals surface area contributed by atoms with E-state index >= 15 is 0 Å². The molecule has 0 radical (unpaired) electrons. The summed E-state index contributed by atoms with van der Waals surface area (Å²) in [5.74, 6) is -0.573. The molecule has 1 heterocycles. The fourth-order valence-corrected chi connectivity index (χ4v) is 5.11. The molecule has 0 aliphatic carbocycles. The lowest BCUT2D eigenvalue weighted by Gasteiger charge is -2.17. The van der Waals surface area contributed by atoms with E-state index < -0.39 is 27.7 Å². The predicted octanol–water partition coefficient (Wildman–Crippen LogP) is 4.32. The molecule has 0 spiro atoms. The molecule has 10 heteroatoms. The van der Waals surface area contributed by atoms with Gasteiger partial charge in [0.25, 0.3) is 0 Å². The average molecular weight is 447 g/mol. The molecule has 0 saturated carbocycles. The van der Waals surface area contributed by atoms with Gasteiger partial charge in [-0.2, -0.15) is 17.5 Å². The monoisotopic (exact) mass is 446 g/mol. The number of benzene rings is 2. The highest BCUT2D eigenvalue weighted by atomic mass is 35.5. The smallest absolute Gasteiger partial charge is 0.326 e. The number of carbonyl (C=O) groups excluding carboxylic acids is 1. The lowest BCUT2D eigenvalue weighted by molar-refractivity contribution is -0.137. The maximum atomic E-state index is 12.8. The summed E-state index contributed by atoms with van der Waals surface area (Å²) in [6.45, 7) is 0.815. The Bertz CT molecular complexity index is 1020. The Hall–Kier alpha value is -2.10. The summed E-state index contributed by atoms with van der Waals surface area (Å²) in [5, 5.41) is 2.55. The van der Waals surface area contributed by atoms with Crippen LogP contribution in [0.25, 0.3) is 0 Å². The number of hydrogen-bond donors (Lipinski definition) is 1. The van der Waals surface area contributed by atoms with Gasteiger partial charge >= 0.3 is 6.18 Å². The molecule has 1 N–H and O–H groups in total. The van der Waals surface area contributed by atoms with Crippen LogP contribution in [-0.4, -0.2) is 31.7 Å². The summed E-state index contributed by atoms with van der Waals surface area (Å²) < 4.78 is 65.2. The molecule has 5 nitrogen and oxygen atoms in total. The first-order valence-corrected chi connectivity index (χ1v) is 10.6. The van der Waals surface area contributed by atoms with Crippen molar-refractivity contribution in [2.75, 3.05) is 18.4 Å². The summed E-state index contributed by atoms with van der Waals surface area (Å²) in [4.78, 5) is 12.1. The van der Waals surface area contributed by atoms with E-state index in [0.29, 0.717) is 13.1 Å². The van der Waals surface area contributed by atoms with Crippen molar-refractivity contribution in [3.8, 4) is 0 Å². The zero-order chi connectivity index (χ0) is 21.2. The van der Waals surface area contributed by atoms with Crippen LogP contribution in [0.1, 0.15) is 24.0 Å². The molecule has 29 heavy (non-hydrogen) atoms. The molecule has 0 atom stereocenters. The van der Waals surface area contributed by atoms with E-state index in [-0.39, 0.29) is 27.6 Å². The summed E-state index contributed by atoms with van der Waals surface area (Å²) >= 11 is 6.06. The van der Waals surface area contributed by atoms with Gasteiger partial charge in [0.2, 0.25) is 15.9 Å². The third-order valence-corrected chi connectivity index (χ3v) is 6.90. The topological polar surface area (TPSA) is 66.5 Å². The van der Waals surface area contributed by atoms with Crippen molar-refractivity contribution in [3.63, 3.8) is 0 Å². The number of amides is 1. The van der Waals surface area contributed by atoms with Crippen molar-refractivity contribution in [1.29, 1.82) is 0 Å². The van der Waals surface area contributed by atoms with Gasteiger partial charge in [-0.25, -0.2) is 8.42 Å². The van der Waals surface area contributed by atoms with E-state index in [1.807, 2.05) is 0 Å². The summed E-state index contributed by atoms with van der Waals surface area (Å²) in [7, 11) is -3.78. The van der Waals surface area contributed by atoms with Crippen LogP contribution in [0.15, 0.2) is 47.4 Å². The molecule has 2 aromatic rings. The summed E-state index contributed by atoms with van der Waals surface area (Å²) in [6, 6.07) is 8.55. The zero-order valence-electron chi connectivity index (χ0n) is 15.2. The molecule has 1 saturated heterocycles. The Morgan fingerprint density at radius 3 is 2.45 bits per heavy atom. The number of alkyl halides is 3. The molecular weight excluding hydrogens is 429 g/mol. The lowest BCUT2D eigenvalue weighted by atomic mass is 10.1. The fraction of sp³-hybridized carbons (Fsp3) is 0.316. The first kappa shape index (κ1) is 21.6. The minimum absolute atomic E-state index is 0.0350. The Morgan fingerprint density at radius 1 is 1.10 bits per heavy atom. The van der Waals surface area contributed by atoms with Crippen LogP contribution < -0.4 is 5.32 Å². The lowest BCUT2D eigenvalue weighted by Crippen LogP contribution is -2.28.